The van der Waals surface area contributed by atoms with E-state index in [1.165, 1.54) is 0 Å². The molecule has 1 aromatic carbocycles. The van der Waals surface area contributed by atoms with Crippen LogP contribution in [0.5, 0.6) is 0 Å². The number of nitrogens with one attached hydrogen (secondary N) is 1. The number of nitrogens with zero attached hydrogens (tertiary/aromatic N) is 2. The first-order valence-electron chi connectivity index (χ1n) is 8.30. The highest BCUT2D eigenvalue weighted by Gasteiger charge is 2.21. The van der Waals surface area contributed by atoms with Gasteiger partial charge in [0.2, 0.25) is 5.89 Å². The second-order valence-corrected chi connectivity index (χ2v) is 6.85. The molecule has 0 aliphatic carbocycles. The predicted octanol–water partition coefficient (Wildman–Crippen LogP) is 3.25. The van der Waals surface area contributed by atoms with Gasteiger partial charge in [-0.15, -0.1) is 0 Å². The number of oxazole rings is 1. The molecule has 0 saturated carbocycles. The van der Waals surface area contributed by atoms with E-state index in [0.717, 1.165) is 5.52 Å². The lowest BCUT2D eigenvalue weighted by molar-refractivity contribution is 0.127. The summed E-state index contributed by atoms with van der Waals surface area (Å²) in [5, 5.41) is 2.89. The number of aromatic nitrogens is 1. The summed E-state index contributed by atoms with van der Waals surface area (Å²) < 4.78 is 15.9. The summed E-state index contributed by atoms with van der Waals surface area (Å²) >= 11 is 0. The maximum atomic E-state index is 12.5. The Balaban J connectivity index is 2.13. The van der Waals surface area contributed by atoms with E-state index in [4.69, 9.17) is 13.9 Å². The Labute approximate surface area is 148 Å². The summed E-state index contributed by atoms with van der Waals surface area (Å²) in [6.07, 6.45) is 0. The number of anilines is 1. The molecule has 0 radical (unpaired) electrons. The zero-order valence-corrected chi connectivity index (χ0v) is 15.6. The van der Waals surface area contributed by atoms with E-state index in [1.807, 2.05) is 39.0 Å². The normalized spacial score (nSPS) is 11.7. The molecule has 0 atom stereocenters. The van der Waals surface area contributed by atoms with Crippen molar-refractivity contribution in [1.29, 1.82) is 0 Å². The lowest BCUT2D eigenvalue weighted by atomic mass is 9.97. The Kier molecular flexibility index (Phi) is 6.39. The molecule has 0 unspecified atom stereocenters. The van der Waals surface area contributed by atoms with E-state index < -0.39 is 0 Å². The first-order valence-corrected chi connectivity index (χ1v) is 8.30. The van der Waals surface area contributed by atoms with Crippen molar-refractivity contribution in [2.75, 3.05) is 45.8 Å². The minimum atomic E-state index is -0.201. The van der Waals surface area contributed by atoms with Gasteiger partial charge in [0.25, 0.3) is 0 Å². The Morgan fingerprint density at radius 1 is 1.20 bits per heavy atom. The smallest absolute Gasteiger partial charge is 0.322 e. The molecule has 2 rings (SSSR count). The fourth-order valence-corrected chi connectivity index (χ4v) is 2.25. The van der Waals surface area contributed by atoms with E-state index in [1.54, 1.807) is 19.1 Å². The Morgan fingerprint density at radius 3 is 2.40 bits per heavy atom. The van der Waals surface area contributed by atoms with Crippen molar-refractivity contribution in [3.63, 3.8) is 0 Å². The molecule has 0 fully saturated rings. The van der Waals surface area contributed by atoms with Gasteiger partial charge in [0.05, 0.1) is 13.2 Å². The molecule has 2 aromatic rings. The number of hydrogen-bond donors (Lipinski definition) is 1. The SMILES string of the molecule is COCCN(CCOC)C(=O)Nc1ccc2oc(C(C)(C)C)nc2c1. The highest BCUT2D eigenvalue weighted by atomic mass is 16.5. The molecule has 0 aliphatic heterocycles. The van der Waals surface area contributed by atoms with Gasteiger partial charge in [-0.05, 0) is 18.2 Å². The standard InChI is InChI=1S/C18H27N3O4/c1-18(2,3)16-20-14-12-13(6-7-15(14)25-16)19-17(22)21(8-10-23-4)9-11-24-5/h6-7,12H,8-11H2,1-5H3,(H,19,22). The lowest BCUT2D eigenvalue weighted by Crippen LogP contribution is -2.39. The van der Waals surface area contributed by atoms with Crippen LogP contribution in [0.25, 0.3) is 11.1 Å². The summed E-state index contributed by atoms with van der Waals surface area (Å²) in [5.41, 5.74) is 1.94. The van der Waals surface area contributed by atoms with Gasteiger partial charge in [0.1, 0.15) is 5.52 Å². The van der Waals surface area contributed by atoms with Crippen molar-refractivity contribution in [3.05, 3.63) is 24.1 Å². The van der Waals surface area contributed by atoms with Crippen molar-refractivity contribution in [3.8, 4) is 0 Å². The van der Waals surface area contributed by atoms with Crippen LogP contribution in [-0.2, 0) is 14.9 Å². The minimum absolute atomic E-state index is 0.167. The average molecular weight is 349 g/mol. The number of amides is 2. The number of carbonyl (C=O) groups excluding carboxylic acids is 1. The van der Waals surface area contributed by atoms with Crippen molar-refractivity contribution < 1.29 is 18.7 Å². The summed E-state index contributed by atoms with van der Waals surface area (Å²) in [7, 11) is 3.22. The molecule has 0 bridgehead atoms. The number of urea groups is 1. The summed E-state index contributed by atoms with van der Waals surface area (Å²) in [6, 6.07) is 5.24. The van der Waals surface area contributed by atoms with Crippen LogP contribution in [-0.4, -0.2) is 56.4 Å². The molecule has 0 spiro atoms. The number of rotatable bonds is 7. The third kappa shape index (κ3) is 5.17. The van der Waals surface area contributed by atoms with Crippen LogP contribution in [0.4, 0.5) is 10.5 Å². The van der Waals surface area contributed by atoms with Crippen LogP contribution in [0.2, 0.25) is 0 Å². The van der Waals surface area contributed by atoms with Crippen molar-refractivity contribution in [2.24, 2.45) is 0 Å². The van der Waals surface area contributed by atoms with Crippen LogP contribution in [0, 0.1) is 0 Å². The van der Waals surface area contributed by atoms with Gasteiger partial charge < -0.3 is 24.1 Å². The average Bonchev–Trinajstić information content (AvgIpc) is 2.98. The van der Waals surface area contributed by atoms with Crippen molar-refractivity contribution >= 4 is 22.8 Å². The van der Waals surface area contributed by atoms with E-state index in [-0.39, 0.29) is 11.4 Å². The molecule has 1 heterocycles. The van der Waals surface area contributed by atoms with Gasteiger partial charge in [-0.3, -0.25) is 0 Å². The van der Waals surface area contributed by atoms with Crippen molar-refractivity contribution in [2.45, 2.75) is 26.2 Å². The molecule has 0 saturated heterocycles. The lowest BCUT2D eigenvalue weighted by Gasteiger charge is -2.22. The Bertz CT molecular complexity index is 698. The Hall–Kier alpha value is -2.12. The zero-order chi connectivity index (χ0) is 18.4. The highest BCUT2D eigenvalue weighted by molar-refractivity contribution is 5.91. The topological polar surface area (TPSA) is 76.8 Å². The first-order chi connectivity index (χ1) is 11.8. The quantitative estimate of drug-likeness (QED) is 0.830. The van der Waals surface area contributed by atoms with Gasteiger partial charge in [0.15, 0.2) is 5.58 Å². The number of methoxy groups -OCH3 is 2. The first kappa shape index (κ1) is 19.2. The number of benzene rings is 1. The minimum Gasteiger partial charge on any atom is -0.440 e. The maximum Gasteiger partial charge on any atom is 0.322 e. The van der Waals surface area contributed by atoms with Gasteiger partial charge in [0, 0.05) is 38.4 Å². The molecule has 0 aliphatic rings. The van der Waals surface area contributed by atoms with Gasteiger partial charge >= 0.3 is 6.03 Å². The van der Waals surface area contributed by atoms with Gasteiger partial charge in [-0.1, -0.05) is 20.8 Å². The molecular formula is C18H27N3O4. The van der Waals surface area contributed by atoms with Crippen LogP contribution < -0.4 is 5.32 Å². The van der Waals surface area contributed by atoms with Gasteiger partial charge in [-0.2, -0.15) is 0 Å². The van der Waals surface area contributed by atoms with Crippen LogP contribution in [0.1, 0.15) is 26.7 Å². The van der Waals surface area contributed by atoms with Crippen molar-refractivity contribution in [1.82, 2.24) is 9.88 Å². The monoisotopic (exact) mass is 349 g/mol. The van der Waals surface area contributed by atoms with E-state index >= 15 is 0 Å². The molecule has 7 heteroatoms. The summed E-state index contributed by atoms with van der Waals surface area (Å²) in [6.45, 7) is 8.05. The summed E-state index contributed by atoms with van der Waals surface area (Å²) in [4.78, 5) is 18.7. The fourth-order valence-electron chi connectivity index (χ4n) is 2.25. The molecule has 138 valence electrons. The predicted molar refractivity (Wildman–Crippen MR) is 97.1 cm³/mol. The second kappa shape index (κ2) is 8.31. The largest absolute Gasteiger partial charge is 0.440 e. The summed E-state index contributed by atoms with van der Waals surface area (Å²) in [5.74, 6) is 0.674. The van der Waals surface area contributed by atoms with Crippen LogP contribution in [0.3, 0.4) is 0 Å². The molecular weight excluding hydrogens is 322 g/mol. The van der Waals surface area contributed by atoms with E-state index in [9.17, 15) is 4.79 Å². The molecule has 2 amide bonds. The number of hydrogen-bond acceptors (Lipinski definition) is 5. The van der Waals surface area contributed by atoms with E-state index in [0.29, 0.717) is 43.5 Å². The van der Waals surface area contributed by atoms with Crippen LogP contribution >= 0.6 is 0 Å². The number of ether oxygens (including phenoxy) is 2. The fraction of sp³-hybridized carbons (Fsp3) is 0.556. The van der Waals surface area contributed by atoms with E-state index in [2.05, 4.69) is 10.3 Å². The Morgan fingerprint density at radius 2 is 1.84 bits per heavy atom. The molecule has 1 aromatic heterocycles. The molecule has 7 nitrogen and oxygen atoms in total. The van der Waals surface area contributed by atoms with Crippen LogP contribution in [0.15, 0.2) is 22.6 Å². The molecule has 25 heavy (non-hydrogen) atoms. The zero-order valence-electron chi connectivity index (χ0n) is 15.6. The maximum absolute atomic E-state index is 12.5. The third-order valence-electron chi connectivity index (χ3n) is 3.70. The molecule has 1 N–H and O–H groups in total. The number of carbonyl (C=O) groups is 1. The van der Waals surface area contributed by atoms with Gasteiger partial charge in [-0.25, -0.2) is 9.78 Å². The third-order valence-corrected chi connectivity index (χ3v) is 3.70. The highest BCUT2D eigenvalue weighted by Crippen LogP contribution is 2.27. The second-order valence-electron chi connectivity index (χ2n) is 6.85. The number of fused-ring (bicyclic) bond motifs is 1.